The third kappa shape index (κ3) is 16.7. The predicted molar refractivity (Wildman–Crippen MR) is 59.4 cm³/mol. The maximum absolute atomic E-state index is 10.8. The first-order valence-corrected chi connectivity index (χ1v) is 4.97. The molecule has 0 aliphatic rings. The van der Waals surface area contributed by atoms with Gasteiger partial charge >= 0.3 is 12.2 Å². The Kier molecular flexibility index (Phi) is 10.8. The molecule has 0 aliphatic carbocycles. The van der Waals surface area contributed by atoms with Crippen molar-refractivity contribution in [1.29, 1.82) is 5.26 Å². The average molecular weight is 243 g/mol. The van der Waals surface area contributed by atoms with Crippen molar-refractivity contribution in [3.8, 4) is 6.07 Å². The molecule has 0 aromatic rings. The highest BCUT2D eigenvalue weighted by molar-refractivity contribution is 5.73. The molecule has 0 aromatic heterocycles. The number of hydrogen-bond donors (Lipinski definition) is 0. The summed E-state index contributed by atoms with van der Waals surface area (Å²) in [5.74, 6) is 0. The minimum absolute atomic E-state index is 0.289. The standard InChI is InChI=1S/C8H14N2O4.C2H3N/c1-5(2)13-7(11)9-10-8(12)14-6(3)4;1-2-3/h5-6H,1-4H3;1H3. The minimum Gasteiger partial charge on any atom is -0.444 e. The van der Waals surface area contributed by atoms with Crippen LogP contribution in [-0.2, 0) is 9.47 Å². The summed E-state index contributed by atoms with van der Waals surface area (Å²) in [4.78, 5) is 21.5. The monoisotopic (exact) mass is 243 g/mol. The van der Waals surface area contributed by atoms with Crippen LogP contribution in [0, 0.1) is 11.3 Å². The molecule has 96 valence electrons. The van der Waals surface area contributed by atoms with Crippen molar-refractivity contribution < 1.29 is 19.1 Å². The fourth-order valence-electron chi connectivity index (χ4n) is 0.532. The number of carbonyl (C=O) groups is 2. The number of nitrogens with zero attached hydrogens (tertiary/aromatic N) is 3. The second-order valence-corrected chi connectivity index (χ2v) is 3.29. The molecule has 7 nitrogen and oxygen atoms in total. The molecule has 0 N–H and O–H groups in total. The third-order valence-corrected chi connectivity index (χ3v) is 0.886. The van der Waals surface area contributed by atoms with E-state index in [1.54, 1.807) is 33.8 Å². The lowest BCUT2D eigenvalue weighted by Crippen LogP contribution is -2.09. The van der Waals surface area contributed by atoms with E-state index in [1.807, 2.05) is 0 Å². The van der Waals surface area contributed by atoms with Gasteiger partial charge in [0, 0.05) is 6.92 Å². The van der Waals surface area contributed by atoms with Crippen LogP contribution >= 0.6 is 0 Å². The van der Waals surface area contributed by atoms with Crippen LogP contribution in [0.25, 0.3) is 0 Å². The van der Waals surface area contributed by atoms with E-state index in [1.165, 1.54) is 6.92 Å². The fourth-order valence-corrected chi connectivity index (χ4v) is 0.532. The van der Waals surface area contributed by atoms with Gasteiger partial charge in [-0.2, -0.15) is 5.26 Å². The normalized spacial score (nSPS) is 9.53. The SMILES string of the molecule is CC#N.CC(C)OC(=O)N=NC(=O)OC(C)C. The van der Waals surface area contributed by atoms with E-state index >= 15 is 0 Å². The molecule has 0 saturated heterocycles. The summed E-state index contributed by atoms with van der Waals surface area (Å²) < 4.78 is 9.20. The van der Waals surface area contributed by atoms with Gasteiger partial charge in [0.05, 0.1) is 18.3 Å². The van der Waals surface area contributed by atoms with Crippen molar-refractivity contribution in [1.82, 2.24) is 0 Å². The molecular formula is C10H17N3O4. The van der Waals surface area contributed by atoms with Gasteiger partial charge in [0.15, 0.2) is 0 Å². The second-order valence-electron chi connectivity index (χ2n) is 3.29. The zero-order valence-corrected chi connectivity index (χ0v) is 10.6. The van der Waals surface area contributed by atoms with Crippen LogP contribution < -0.4 is 0 Å². The van der Waals surface area contributed by atoms with Crippen LogP contribution in [-0.4, -0.2) is 24.4 Å². The van der Waals surface area contributed by atoms with Crippen molar-refractivity contribution in [2.24, 2.45) is 10.2 Å². The van der Waals surface area contributed by atoms with Crippen molar-refractivity contribution in [3.05, 3.63) is 0 Å². The Bertz CT molecular complexity index is 281. The number of rotatable bonds is 2. The molecule has 0 saturated carbocycles. The molecule has 0 aromatic carbocycles. The molecule has 2 amide bonds. The van der Waals surface area contributed by atoms with E-state index in [2.05, 4.69) is 19.7 Å². The molecule has 0 radical (unpaired) electrons. The highest BCUT2D eigenvalue weighted by Crippen LogP contribution is 1.96. The van der Waals surface area contributed by atoms with Crippen molar-refractivity contribution in [3.63, 3.8) is 0 Å². The molecule has 0 heterocycles. The number of ether oxygens (including phenoxy) is 2. The van der Waals surface area contributed by atoms with E-state index in [4.69, 9.17) is 5.26 Å². The van der Waals surface area contributed by atoms with Gasteiger partial charge in [-0.3, -0.25) is 0 Å². The Hall–Kier alpha value is -1.97. The lowest BCUT2D eigenvalue weighted by atomic mass is 10.5. The first-order chi connectivity index (χ1) is 7.83. The van der Waals surface area contributed by atoms with Crippen LogP contribution in [0.15, 0.2) is 10.2 Å². The maximum Gasteiger partial charge on any atom is 0.452 e. The molecular weight excluding hydrogens is 226 g/mol. The maximum atomic E-state index is 10.8. The Morgan fingerprint density at radius 3 is 1.41 bits per heavy atom. The zero-order chi connectivity index (χ0) is 13.8. The van der Waals surface area contributed by atoms with Crippen molar-refractivity contribution in [2.45, 2.75) is 46.8 Å². The predicted octanol–water partition coefficient (Wildman–Crippen LogP) is 3.06. The molecule has 0 fully saturated rings. The van der Waals surface area contributed by atoms with E-state index in [0.29, 0.717) is 0 Å². The highest BCUT2D eigenvalue weighted by atomic mass is 16.6. The summed E-state index contributed by atoms with van der Waals surface area (Å²) in [5.41, 5.74) is 0. The van der Waals surface area contributed by atoms with Gasteiger partial charge in [-0.25, -0.2) is 9.59 Å². The molecule has 0 bridgehead atoms. The lowest BCUT2D eigenvalue weighted by Gasteiger charge is -2.03. The molecule has 0 aliphatic heterocycles. The quantitative estimate of drug-likeness (QED) is 0.693. The minimum atomic E-state index is -0.902. The van der Waals surface area contributed by atoms with Crippen LogP contribution in [0.4, 0.5) is 9.59 Å². The zero-order valence-electron chi connectivity index (χ0n) is 10.6. The Morgan fingerprint density at radius 1 is 1.00 bits per heavy atom. The third-order valence-electron chi connectivity index (χ3n) is 0.886. The largest absolute Gasteiger partial charge is 0.452 e. The van der Waals surface area contributed by atoms with Gasteiger partial charge in [-0.15, -0.1) is 0 Å². The summed E-state index contributed by atoms with van der Waals surface area (Å²) in [5, 5.41) is 13.3. The molecule has 17 heavy (non-hydrogen) atoms. The smallest absolute Gasteiger partial charge is 0.444 e. The van der Waals surface area contributed by atoms with Crippen LogP contribution in [0.5, 0.6) is 0 Å². The van der Waals surface area contributed by atoms with Crippen LogP contribution in [0.1, 0.15) is 34.6 Å². The molecule has 0 spiro atoms. The fraction of sp³-hybridized carbons (Fsp3) is 0.700. The highest BCUT2D eigenvalue weighted by Gasteiger charge is 2.06. The summed E-state index contributed by atoms with van der Waals surface area (Å²) in [7, 11) is 0. The molecule has 7 heteroatoms. The van der Waals surface area contributed by atoms with E-state index in [0.717, 1.165) is 0 Å². The van der Waals surface area contributed by atoms with Gasteiger partial charge in [-0.1, -0.05) is 10.2 Å². The molecule has 0 unspecified atom stereocenters. The van der Waals surface area contributed by atoms with Crippen LogP contribution in [0.2, 0.25) is 0 Å². The van der Waals surface area contributed by atoms with Gasteiger partial charge in [0.25, 0.3) is 0 Å². The van der Waals surface area contributed by atoms with Gasteiger partial charge in [0.2, 0.25) is 0 Å². The number of amides is 2. The van der Waals surface area contributed by atoms with Crippen LogP contribution in [0.3, 0.4) is 0 Å². The topological polar surface area (TPSA) is 101 Å². The Morgan fingerprint density at radius 2 is 1.24 bits per heavy atom. The summed E-state index contributed by atoms with van der Waals surface area (Å²) in [6.45, 7) is 8.10. The van der Waals surface area contributed by atoms with E-state index < -0.39 is 12.2 Å². The average Bonchev–Trinajstić information content (AvgIpc) is 2.14. The van der Waals surface area contributed by atoms with Crippen molar-refractivity contribution >= 4 is 12.2 Å². The van der Waals surface area contributed by atoms with Crippen molar-refractivity contribution in [2.75, 3.05) is 0 Å². The van der Waals surface area contributed by atoms with Gasteiger partial charge in [0.1, 0.15) is 0 Å². The number of nitriles is 1. The van der Waals surface area contributed by atoms with E-state index in [-0.39, 0.29) is 12.2 Å². The summed E-state index contributed by atoms with van der Waals surface area (Å²) >= 11 is 0. The number of hydrogen-bond acceptors (Lipinski definition) is 5. The lowest BCUT2D eigenvalue weighted by molar-refractivity contribution is 0.115. The van der Waals surface area contributed by atoms with Gasteiger partial charge < -0.3 is 9.47 Å². The first kappa shape index (κ1) is 17.4. The summed E-state index contributed by atoms with van der Waals surface area (Å²) in [6.07, 6.45) is -2.38. The molecule has 0 atom stereocenters. The van der Waals surface area contributed by atoms with Gasteiger partial charge in [-0.05, 0) is 27.7 Å². The summed E-state index contributed by atoms with van der Waals surface area (Å²) in [6, 6.07) is 1.75. The second kappa shape index (κ2) is 10.5. The Balaban J connectivity index is 0. The van der Waals surface area contributed by atoms with E-state index in [9.17, 15) is 9.59 Å². The number of carbonyl (C=O) groups excluding carboxylic acids is 2. The first-order valence-electron chi connectivity index (χ1n) is 4.97. The number of azo groups is 1. The molecule has 0 rings (SSSR count). The Labute approximate surface area is 100 Å².